The monoisotopic (exact) mass is 248 g/mol. The SMILES string of the molecule is Nc1c(F)cccc1C(=O)NCCn1ccnc1. The van der Waals surface area contributed by atoms with Gasteiger partial charge in [0, 0.05) is 25.5 Å². The summed E-state index contributed by atoms with van der Waals surface area (Å²) in [5, 5.41) is 2.67. The maximum absolute atomic E-state index is 13.2. The quantitative estimate of drug-likeness (QED) is 0.794. The first kappa shape index (κ1) is 12.1. The Hall–Kier alpha value is -2.37. The van der Waals surface area contributed by atoms with Crippen LogP contribution in [0.25, 0.3) is 0 Å². The van der Waals surface area contributed by atoms with Crippen LogP contribution in [0.3, 0.4) is 0 Å². The fraction of sp³-hybridized carbons (Fsp3) is 0.167. The molecule has 2 aromatic rings. The summed E-state index contributed by atoms with van der Waals surface area (Å²) < 4.78 is 15.0. The number of hydrogen-bond acceptors (Lipinski definition) is 3. The van der Waals surface area contributed by atoms with Gasteiger partial charge in [-0.25, -0.2) is 9.37 Å². The molecular formula is C12H13FN4O. The predicted molar refractivity (Wildman–Crippen MR) is 65.4 cm³/mol. The van der Waals surface area contributed by atoms with Crippen LogP contribution in [0.4, 0.5) is 10.1 Å². The van der Waals surface area contributed by atoms with E-state index in [2.05, 4.69) is 10.3 Å². The molecule has 0 aliphatic carbocycles. The van der Waals surface area contributed by atoms with Crippen LogP contribution in [0.5, 0.6) is 0 Å². The topological polar surface area (TPSA) is 72.9 Å². The zero-order valence-corrected chi connectivity index (χ0v) is 9.64. The minimum Gasteiger partial charge on any atom is -0.396 e. The van der Waals surface area contributed by atoms with Gasteiger partial charge in [0.15, 0.2) is 0 Å². The molecule has 2 rings (SSSR count). The molecule has 18 heavy (non-hydrogen) atoms. The number of rotatable bonds is 4. The van der Waals surface area contributed by atoms with Gasteiger partial charge in [0.1, 0.15) is 5.82 Å². The summed E-state index contributed by atoms with van der Waals surface area (Å²) in [6, 6.07) is 4.17. The fourth-order valence-electron chi connectivity index (χ4n) is 1.55. The van der Waals surface area contributed by atoms with Crippen molar-refractivity contribution in [2.75, 3.05) is 12.3 Å². The summed E-state index contributed by atoms with van der Waals surface area (Å²) in [4.78, 5) is 15.6. The number of nitrogens with zero attached hydrogens (tertiary/aromatic N) is 2. The Morgan fingerprint density at radius 3 is 3.06 bits per heavy atom. The lowest BCUT2D eigenvalue weighted by Crippen LogP contribution is -2.27. The maximum atomic E-state index is 13.2. The third kappa shape index (κ3) is 2.65. The molecule has 0 bridgehead atoms. The highest BCUT2D eigenvalue weighted by atomic mass is 19.1. The van der Waals surface area contributed by atoms with Crippen molar-refractivity contribution in [1.82, 2.24) is 14.9 Å². The predicted octanol–water partition coefficient (Wildman–Crippen LogP) is 1.03. The number of anilines is 1. The van der Waals surface area contributed by atoms with E-state index in [0.29, 0.717) is 13.1 Å². The number of halogens is 1. The molecule has 0 spiro atoms. The van der Waals surface area contributed by atoms with Crippen molar-refractivity contribution >= 4 is 11.6 Å². The number of hydrogen-bond donors (Lipinski definition) is 2. The fourth-order valence-corrected chi connectivity index (χ4v) is 1.55. The molecular weight excluding hydrogens is 235 g/mol. The van der Waals surface area contributed by atoms with Crippen LogP contribution in [0.15, 0.2) is 36.9 Å². The lowest BCUT2D eigenvalue weighted by atomic mass is 10.1. The summed E-state index contributed by atoms with van der Waals surface area (Å²) in [6.45, 7) is 1.02. The van der Waals surface area contributed by atoms with E-state index in [9.17, 15) is 9.18 Å². The summed E-state index contributed by atoms with van der Waals surface area (Å²) in [6.07, 6.45) is 5.11. The van der Waals surface area contributed by atoms with Gasteiger partial charge >= 0.3 is 0 Å². The number of benzene rings is 1. The molecule has 1 heterocycles. The zero-order chi connectivity index (χ0) is 13.0. The van der Waals surface area contributed by atoms with Crippen molar-refractivity contribution in [1.29, 1.82) is 0 Å². The van der Waals surface area contributed by atoms with Gasteiger partial charge < -0.3 is 15.6 Å². The van der Waals surface area contributed by atoms with E-state index in [1.54, 1.807) is 18.7 Å². The highest BCUT2D eigenvalue weighted by Crippen LogP contribution is 2.15. The third-order valence-corrected chi connectivity index (χ3v) is 2.51. The smallest absolute Gasteiger partial charge is 0.253 e. The second-order valence-electron chi connectivity index (χ2n) is 3.76. The van der Waals surface area contributed by atoms with E-state index in [-0.39, 0.29) is 17.2 Å². The normalized spacial score (nSPS) is 10.3. The number of nitrogen functional groups attached to an aromatic ring is 1. The molecule has 0 saturated carbocycles. The van der Waals surface area contributed by atoms with Gasteiger partial charge in [-0.1, -0.05) is 6.07 Å². The standard InChI is InChI=1S/C12H13FN4O/c13-10-3-1-2-9(11(10)14)12(18)16-5-7-17-6-4-15-8-17/h1-4,6,8H,5,7,14H2,(H,16,18). The first-order valence-electron chi connectivity index (χ1n) is 5.46. The molecule has 0 fully saturated rings. The summed E-state index contributed by atoms with van der Waals surface area (Å²) in [5.41, 5.74) is 5.52. The van der Waals surface area contributed by atoms with Gasteiger partial charge in [-0.15, -0.1) is 0 Å². The van der Waals surface area contributed by atoms with Crippen molar-refractivity contribution in [3.05, 3.63) is 48.3 Å². The molecule has 0 radical (unpaired) electrons. The Kier molecular flexibility index (Phi) is 3.57. The van der Waals surface area contributed by atoms with E-state index in [1.807, 2.05) is 4.57 Å². The maximum Gasteiger partial charge on any atom is 0.253 e. The van der Waals surface area contributed by atoms with Crippen molar-refractivity contribution < 1.29 is 9.18 Å². The first-order valence-corrected chi connectivity index (χ1v) is 5.46. The Morgan fingerprint density at radius 2 is 2.33 bits per heavy atom. The van der Waals surface area contributed by atoms with Crippen molar-refractivity contribution in [3.8, 4) is 0 Å². The van der Waals surface area contributed by atoms with Crippen molar-refractivity contribution in [2.24, 2.45) is 0 Å². The number of carbonyl (C=O) groups excluding carboxylic acids is 1. The van der Waals surface area contributed by atoms with Crippen LogP contribution in [-0.4, -0.2) is 22.0 Å². The molecule has 5 nitrogen and oxygen atoms in total. The minimum absolute atomic E-state index is 0.127. The first-order chi connectivity index (χ1) is 8.68. The second-order valence-corrected chi connectivity index (χ2v) is 3.76. The molecule has 1 aromatic heterocycles. The number of imidazole rings is 1. The molecule has 0 aliphatic rings. The van der Waals surface area contributed by atoms with Gasteiger partial charge in [-0.05, 0) is 12.1 Å². The Balaban J connectivity index is 1.93. The number of aromatic nitrogens is 2. The zero-order valence-electron chi connectivity index (χ0n) is 9.64. The number of nitrogens with two attached hydrogens (primary N) is 1. The average Bonchev–Trinajstić information content (AvgIpc) is 2.85. The molecule has 0 atom stereocenters. The highest BCUT2D eigenvalue weighted by Gasteiger charge is 2.11. The van der Waals surface area contributed by atoms with Crippen LogP contribution in [0.2, 0.25) is 0 Å². The van der Waals surface area contributed by atoms with E-state index >= 15 is 0 Å². The summed E-state index contributed by atoms with van der Waals surface area (Å²) in [7, 11) is 0. The van der Waals surface area contributed by atoms with Gasteiger partial charge in [-0.3, -0.25) is 4.79 Å². The highest BCUT2D eigenvalue weighted by molar-refractivity contribution is 5.99. The molecule has 1 aromatic carbocycles. The Labute approximate surface area is 103 Å². The Morgan fingerprint density at radius 1 is 1.50 bits per heavy atom. The van der Waals surface area contributed by atoms with Crippen LogP contribution in [0, 0.1) is 5.82 Å². The molecule has 0 aliphatic heterocycles. The van der Waals surface area contributed by atoms with E-state index < -0.39 is 5.82 Å². The number of para-hydroxylation sites is 1. The number of nitrogens with one attached hydrogen (secondary N) is 1. The molecule has 3 N–H and O–H groups in total. The van der Waals surface area contributed by atoms with Gasteiger partial charge in [-0.2, -0.15) is 0 Å². The average molecular weight is 248 g/mol. The Bertz CT molecular complexity index is 539. The molecule has 1 amide bonds. The minimum atomic E-state index is -0.586. The van der Waals surface area contributed by atoms with Gasteiger partial charge in [0.2, 0.25) is 0 Å². The molecule has 0 unspecified atom stereocenters. The van der Waals surface area contributed by atoms with E-state index in [0.717, 1.165) is 0 Å². The van der Waals surface area contributed by atoms with E-state index in [4.69, 9.17) is 5.73 Å². The van der Waals surface area contributed by atoms with Crippen LogP contribution in [-0.2, 0) is 6.54 Å². The molecule has 6 heteroatoms. The third-order valence-electron chi connectivity index (χ3n) is 2.51. The number of carbonyl (C=O) groups is 1. The molecule has 94 valence electrons. The second kappa shape index (κ2) is 5.31. The summed E-state index contributed by atoms with van der Waals surface area (Å²) in [5.74, 6) is -0.968. The van der Waals surface area contributed by atoms with Crippen LogP contribution < -0.4 is 11.1 Å². The van der Waals surface area contributed by atoms with Crippen molar-refractivity contribution in [2.45, 2.75) is 6.54 Å². The molecule has 0 saturated heterocycles. The number of amides is 1. The van der Waals surface area contributed by atoms with Gasteiger partial charge in [0.25, 0.3) is 5.91 Å². The summed E-state index contributed by atoms with van der Waals surface area (Å²) >= 11 is 0. The van der Waals surface area contributed by atoms with Crippen LogP contribution in [0.1, 0.15) is 10.4 Å². The largest absolute Gasteiger partial charge is 0.396 e. The van der Waals surface area contributed by atoms with E-state index in [1.165, 1.54) is 18.2 Å². The van der Waals surface area contributed by atoms with Crippen molar-refractivity contribution in [3.63, 3.8) is 0 Å². The lowest BCUT2D eigenvalue weighted by molar-refractivity contribution is 0.0953. The van der Waals surface area contributed by atoms with Gasteiger partial charge in [0.05, 0.1) is 17.6 Å². The van der Waals surface area contributed by atoms with Crippen LogP contribution >= 0.6 is 0 Å². The lowest BCUT2D eigenvalue weighted by Gasteiger charge is -2.08.